The zero-order chi connectivity index (χ0) is 29.2. The highest BCUT2D eigenvalue weighted by molar-refractivity contribution is 7.91. The molecule has 0 amide bonds. The predicted octanol–water partition coefficient (Wildman–Crippen LogP) is 3.22. The number of aromatic carboxylic acids is 2. The smallest absolute Gasteiger partial charge is 0.335 e. The van der Waals surface area contributed by atoms with E-state index < -0.39 is 39.4 Å². The second-order valence-corrected chi connectivity index (χ2v) is 12.0. The van der Waals surface area contributed by atoms with E-state index in [2.05, 4.69) is 15.0 Å². The summed E-state index contributed by atoms with van der Waals surface area (Å²) < 4.78 is 29.7. The Bertz CT molecular complexity index is 1670. The van der Waals surface area contributed by atoms with Crippen LogP contribution in [0.4, 0.5) is 0 Å². The maximum absolute atomic E-state index is 12.8. The molecule has 4 aromatic rings. The average Bonchev–Trinajstić information content (AvgIpc) is 3.20. The van der Waals surface area contributed by atoms with Crippen LogP contribution in [0.3, 0.4) is 0 Å². The van der Waals surface area contributed by atoms with Gasteiger partial charge in [0.05, 0.1) is 27.9 Å². The molecule has 2 heterocycles. The monoisotopic (exact) mass is 584 g/mol. The van der Waals surface area contributed by atoms with Crippen molar-refractivity contribution in [3.63, 3.8) is 0 Å². The number of carboxylic acid groups (broad SMARTS) is 3. The third-order valence-corrected chi connectivity index (χ3v) is 9.58. The Labute approximate surface area is 232 Å². The third kappa shape index (κ3) is 5.64. The molecule has 2 unspecified atom stereocenters. The largest absolute Gasteiger partial charge is 0.480 e. The number of hydrogen-bond donors (Lipinski definition) is 4. The molecule has 12 nitrogen and oxygen atoms in total. The van der Waals surface area contributed by atoms with Crippen LogP contribution in [-0.4, -0.2) is 62.2 Å². The zero-order valence-corrected chi connectivity index (χ0v) is 22.8. The lowest BCUT2D eigenvalue weighted by molar-refractivity contribution is -0.140. The summed E-state index contributed by atoms with van der Waals surface area (Å²) in [7, 11) is -2.28. The number of carbonyl (C=O) groups is 3. The number of rotatable bonds is 8. The number of nitrogens with one attached hydrogen (secondary N) is 1. The summed E-state index contributed by atoms with van der Waals surface area (Å²) in [5, 5.41) is 34.7. The number of aromatic nitrogens is 3. The molecule has 0 spiro atoms. The van der Waals surface area contributed by atoms with Crippen LogP contribution in [0, 0.1) is 6.92 Å². The van der Waals surface area contributed by atoms with E-state index in [9.17, 15) is 27.9 Å². The van der Waals surface area contributed by atoms with Crippen molar-refractivity contribution in [1.29, 1.82) is 0 Å². The first-order valence-electron chi connectivity index (χ1n) is 11.7. The van der Waals surface area contributed by atoms with Gasteiger partial charge in [0.2, 0.25) is 0 Å². The Morgan fingerprint density at radius 1 is 0.975 bits per heavy atom. The lowest BCUT2D eigenvalue weighted by Crippen LogP contribution is -2.44. The van der Waals surface area contributed by atoms with Crippen molar-refractivity contribution in [3.05, 3.63) is 89.1 Å². The number of nitrogens with zero attached hydrogens (tertiary/aromatic N) is 3. The highest BCUT2D eigenvalue weighted by Gasteiger charge is 2.63. The van der Waals surface area contributed by atoms with Crippen molar-refractivity contribution in [2.45, 2.75) is 29.0 Å². The molecule has 0 saturated heterocycles. The molecule has 2 aromatic carbocycles. The van der Waals surface area contributed by atoms with Crippen molar-refractivity contribution in [2.24, 2.45) is 7.05 Å². The maximum Gasteiger partial charge on any atom is 0.335 e. The maximum atomic E-state index is 12.8. The minimum absolute atomic E-state index is 0.0277. The molecule has 1 saturated carbocycles. The third-order valence-electron chi connectivity index (χ3n) is 6.47. The van der Waals surface area contributed by atoms with Gasteiger partial charge in [-0.1, -0.05) is 41.6 Å². The van der Waals surface area contributed by atoms with Gasteiger partial charge in [0.1, 0.15) is 9.75 Å². The molecule has 208 valence electrons. The highest BCUT2D eigenvalue weighted by atomic mass is 32.2. The van der Waals surface area contributed by atoms with Crippen molar-refractivity contribution in [3.8, 4) is 10.6 Å². The molecule has 4 N–H and O–H groups in total. The Hall–Kier alpha value is -4.40. The van der Waals surface area contributed by atoms with Gasteiger partial charge in [-0.25, -0.2) is 22.7 Å². The van der Waals surface area contributed by atoms with Crippen LogP contribution in [-0.2, 0) is 21.9 Å². The Morgan fingerprint density at radius 3 is 2.12 bits per heavy atom. The van der Waals surface area contributed by atoms with Gasteiger partial charge in [0.15, 0.2) is 0 Å². The van der Waals surface area contributed by atoms with E-state index in [0.717, 1.165) is 16.9 Å². The normalized spacial score (nSPS) is 17.9. The predicted molar refractivity (Wildman–Crippen MR) is 144 cm³/mol. The molecule has 1 aliphatic rings. The van der Waals surface area contributed by atoms with Crippen LogP contribution < -0.4 is 4.72 Å². The van der Waals surface area contributed by atoms with E-state index in [-0.39, 0.29) is 27.3 Å². The van der Waals surface area contributed by atoms with Gasteiger partial charge in [0, 0.05) is 13.0 Å². The minimum atomic E-state index is -3.99. The number of sulfonamides is 1. The summed E-state index contributed by atoms with van der Waals surface area (Å²) in [6.07, 6.45) is 1.76. The molecular formula is C26H24N4O8S2. The second-order valence-electron chi connectivity index (χ2n) is 9.00. The van der Waals surface area contributed by atoms with Gasteiger partial charge >= 0.3 is 17.9 Å². The summed E-state index contributed by atoms with van der Waals surface area (Å²) in [5.41, 5.74) is 0.305. The van der Waals surface area contributed by atoms with E-state index in [1.807, 2.05) is 30.3 Å². The molecule has 1 fully saturated rings. The first-order chi connectivity index (χ1) is 18.9. The number of aliphatic carboxylic acids is 1. The molecule has 0 radical (unpaired) electrons. The van der Waals surface area contributed by atoms with Crippen LogP contribution in [0.2, 0.25) is 0 Å². The molecular weight excluding hydrogens is 560 g/mol. The summed E-state index contributed by atoms with van der Waals surface area (Å²) in [6, 6.07) is 16.4. The van der Waals surface area contributed by atoms with Gasteiger partial charge in [-0.05, 0) is 48.7 Å². The summed E-state index contributed by atoms with van der Waals surface area (Å²) in [5.74, 6) is -3.79. The number of benzene rings is 2. The van der Waals surface area contributed by atoms with Gasteiger partial charge in [0.25, 0.3) is 10.0 Å². The molecule has 1 aliphatic carbocycles. The van der Waals surface area contributed by atoms with Gasteiger partial charge in [-0.15, -0.1) is 16.4 Å². The standard InChI is InChI=1S/C17H16N4O4S2.C9H8O4/c1-21-13(10-18-20-21)14-7-8-15(26-14)27(24,25)19-17(16(22)23)9-12(17)11-5-3-2-4-6-11;1-5-6(8(10)11)3-2-4-7(5)9(12)13/h2-8,10,12,19H,9H2,1H3,(H,22,23);2-4H,1H3,(H,10,11)(H,12,13). The average molecular weight is 585 g/mol. The Kier molecular flexibility index (Phi) is 7.86. The zero-order valence-electron chi connectivity index (χ0n) is 21.2. The second kappa shape index (κ2) is 11.0. The molecule has 0 bridgehead atoms. The van der Waals surface area contributed by atoms with E-state index in [4.69, 9.17) is 10.2 Å². The summed E-state index contributed by atoms with van der Waals surface area (Å²) in [6.45, 7) is 1.48. The molecule has 40 heavy (non-hydrogen) atoms. The SMILES string of the molecule is Cc1c(C(=O)O)cccc1C(=O)O.Cn1nncc1-c1ccc(S(=O)(=O)NC2(C(=O)O)CC2c2ccccc2)s1. The van der Waals surface area contributed by atoms with Gasteiger partial charge < -0.3 is 15.3 Å². The molecule has 5 rings (SSSR count). The first-order valence-corrected chi connectivity index (χ1v) is 14.0. The number of thiophene rings is 1. The van der Waals surface area contributed by atoms with E-state index >= 15 is 0 Å². The van der Waals surface area contributed by atoms with Crippen molar-refractivity contribution >= 4 is 39.3 Å². The number of hydrogen-bond acceptors (Lipinski definition) is 8. The summed E-state index contributed by atoms with van der Waals surface area (Å²) >= 11 is 1.04. The van der Waals surface area contributed by atoms with Crippen LogP contribution >= 0.6 is 11.3 Å². The van der Waals surface area contributed by atoms with Crippen LogP contribution in [0.5, 0.6) is 0 Å². The first kappa shape index (κ1) is 28.6. The minimum Gasteiger partial charge on any atom is -0.480 e. The van der Waals surface area contributed by atoms with Crippen molar-refractivity contribution < 1.29 is 38.1 Å². The Balaban J connectivity index is 0.000000240. The molecule has 14 heteroatoms. The lowest BCUT2D eigenvalue weighted by Gasteiger charge is -2.14. The van der Waals surface area contributed by atoms with Crippen molar-refractivity contribution in [1.82, 2.24) is 19.7 Å². The van der Waals surface area contributed by atoms with E-state index in [0.29, 0.717) is 10.6 Å². The molecule has 2 aromatic heterocycles. The highest BCUT2D eigenvalue weighted by Crippen LogP contribution is 2.52. The van der Waals surface area contributed by atoms with Gasteiger partial charge in [-0.3, -0.25) is 4.79 Å². The van der Waals surface area contributed by atoms with Gasteiger partial charge in [-0.2, -0.15) is 4.72 Å². The van der Waals surface area contributed by atoms with Crippen LogP contribution in [0.25, 0.3) is 10.6 Å². The fourth-order valence-corrected chi connectivity index (χ4v) is 7.00. The molecule has 0 aliphatic heterocycles. The van der Waals surface area contributed by atoms with Crippen LogP contribution in [0.15, 0.2) is 71.1 Å². The topological polar surface area (TPSA) is 189 Å². The molecule has 2 atom stereocenters. The van der Waals surface area contributed by atoms with E-state index in [1.165, 1.54) is 31.2 Å². The lowest BCUT2D eigenvalue weighted by atomic mass is 10.0. The van der Waals surface area contributed by atoms with Crippen molar-refractivity contribution in [2.75, 3.05) is 0 Å². The van der Waals surface area contributed by atoms with E-state index in [1.54, 1.807) is 24.0 Å². The number of carboxylic acids is 3. The fourth-order valence-electron chi connectivity index (χ4n) is 4.25. The quantitative estimate of drug-likeness (QED) is 0.239. The number of aryl methyl sites for hydroxylation is 1. The summed E-state index contributed by atoms with van der Waals surface area (Å²) in [4.78, 5) is 33.8. The fraction of sp³-hybridized carbons (Fsp3) is 0.192. The Morgan fingerprint density at radius 2 is 1.60 bits per heavy atom. The van der Waals surface area contributed by atoms with Crippen LogP contribution in [0.1, 0.15) is 44.2 Å².